The van der Waals surface area contributed by atoms with Gasteiger partial charge in [0.1, 0.15) is 11.5 Å². The Morgan fingerprint density at radius 1 is 1.12 bits per heavy atom. The molecule has 180 valence electrons. The van der Waals surface area contributed by atoms with Crippen LogP contribution in [0.3, 0.4) is 0 Å². The lowest BCUT2D eigenvalue weighted by Crippen LogP contribution is -2.52. The summed E-state index contributed by atoms with van der Waals surface area (Å²) in [6.07, 6.45) is 9.04. The summed E-state index contributed by atoms with van der Waals surface area (Å²) in [4.78, 5) is 12.1. The van der Waals surface area contributed by atoms with Crippen molar-refractivity contribution in [3.63, 3.8) is 0 Å². The van der Waals surface area contributed by atoms with E-state index >= 15 is 0 Å². The van der Waals surface area contributed by atoms with Crippen LogP contribution < -0.4 is 8.85 Å². The summed E-state index contributed by atoms with van der Waals surface area (Å²) in [5.41, 5.74) is 2.82. The number of carboxylic acids is 1. The first-order chi connectivity index (χ1) is 15.6. The SMILES string of the molecule is CCCCCCC(C)(C)c1cc(O[Si]C)c([C@H]2C=C(C(=O)O)[C@@H]3CC2C3(C)C)c(O[Si]C)c1. The van der Waals surface area contributed by atoms with Gasteiger partial charge < -0.3 is 14.0 Å². The number of allylic oxidation sites excluding steroid dienone is 1. The van der Waals surface area contributed by atoms with Crippen LogP contribution in [0.1, 0.15) is 90.2 Å². The highest BCUT2D eigenvalue weighted by Crippen LogP contribution is 2.65. The number of unbranched alkanes of at least 4 members (excludes halogenated alkanes) is 3. The fraction of sp³-hybridized carbons (Fsp3) is 0.667. The first-order valence-electron chi connectivity index (χ1n) is 12.4. The third-order valence-electron chi connectivity index (χ3n) is 8.06. The van der Waals surface area contributed by atoms with E-state index in [2.05, 4.69) is 46.8 Å². The lowest BCUT2D eigenvalue weighted by Gasteiger charge is -2.58. The summed E-state index contributed by atoms with van der Waals surface area (Å²) in [6, 6.07) is 4.42. The molecule has 1 aromatic carbocycles. The Bertz CT molecular complexity index is 863. The number of hydrogen-bond acceptors (Lipinski definition) is 3. The maximum Gasteiger partial charge on any atom is 0.331 e. The van der Waals surface area contributed by atoms with Crippen LogP contribution in [-0.4, -0.2) is 30.6 Å². The van der Waals surface area contributed by atoms with Gasteiger partial charge in [0.2, 0.25) is 0 Å². The number of rotatable bonds is 12. The molecule has 33 heavy (non-hydrogen) atoms. The normalized spacial score (nSPS) is 23.5. The maximum atomic E-state index is 12.1. The minimum atomic E-state index is -0.791. The van der Waals surface area contributed by atoms with Gasteiger partial charge in [-0.25, -0.2) is 4.79 Å². The Morgan fingerprint density at radius 2 is 1.73 bits per heavy atom. The summed E-state index contributed by atoms with van der Waals surface area (Å²) in [5, 5.41) is 9.92. The van der Waals surface area contributed by atoms with Crippen LogP contribution in [0.25, 0.3) is 0 Å². The predicted octanol–water partition coefficient (Wildman–Crippen LogP) is 6.80. The first kappa shape index (κ1) is 26.1. The van der Waals surface area contributed by atoms with Crippen LogP contribution in [0.4, 0.5) is 0 Å². The predicted molar refractivity (Wildman–Crippen MR) is 137 cm³/mol. The number of benzene rings is 1. The average Bonchev–Trinajstić information content (AvgIpc) is 2.76. The van der Waals surface area contributed by atoms with Gasteiger partial charge >= 0.3 is 25.5 Å². The van der Waals surface area contributed by atoms with Crippen molar-refractivity contribution in [3.8, 4) is 11.5 Å². The molecule has 3 atom stereocenters. The second-order valence-electron chi connectivity index (χ2n) is 10.9. The summed E-state index contributed by atoms with van der Waals surface area (Å²) in [5.74, 6) is 1.47. The van der Waals surface area contributed by atoms with Gasteiger partial charge in [0, 0.05) is 17.1 Å². The minimum absolute atomic E-state index is 0.00415. The summed E-state index contributed by atoms with van der Waals surface area (Å²) >= 11 is 0. The second-order valence-corrected chi connectivity index (χ2v) is 12.1. The van der Waals surface area contributed by atoms with Crippen molar-refractivity contribution in [2.45, 2.75) is 97.6 Å². The first-order valence-corrected chi connectivity index (χ1v) is 15.2. The largest absolute Gasteiger partial charge is 0.541 e. The number of aliphatic carboxylic acids is 1. The van der Waals surface area contributed by atoms with E-state index in [1.54, 1.807) is 0 Å². The molecule has 0 heterocycles. The Balaban J connectivity index is 2.08. The molecule has 3 aliphatic carbocycles. The molecule has 1 fully saturated rings. The van der Waals surface area contributed by atoms with E-state index < -0.39 is 5.97 Å². The minimum Gasteiger partial charge on any atom is -0.541 e. The van der Waals surface area contributed by atoms with Crippen LogP contribution in [0.15, 0.2) is 23.8 Å². The van der Waals surface area contributed by atoms with Crippen LogP contribution in [-0.2, 0) is 10.2 Å². The van der Waals surface area contributed by atoms with Gasteiger partial charge in [-0.05, 0) is 66.3 Å². The van der Waals surface area contributed by atoms with Crippen LogP contribution in [0.5, 0.6) is 11.5 Å². The third kappa shape index (κ3) is 5.12. The molecule has 4 rings (SSSR count). The van der Waals surface area contributed by atoms with Gasteiger partial charge in [-0.3, -0.25) is 0 Å². The summed E-state index contributed by atoms with van der Waals surface area (Å²) in [7, 11) is 0.629. The second kappa shape index (κ2) is 10.4. The Kier molecular flexibility index (Phi) is 8.21. The molecule has 4 nitrogen and oxygen atoms in total. The molecule has 0 aromatic heterocycles. The molecule has 4 radical (unpaired) electrons. The highest BCUT2D eigenvalue weighted by molar-refractivity contribution is 6.26. The van der Waals surface area contributed by atoms with Gasteiger partial charge in [0.25, 0.3) is 0 Å². The molecule has 3 aliphatic rings. The summed E-state index contributed by atoms with van der Waals surface area (Å²) < 4.78 is 12.5. The Labute approximate surface area is 205 Å². The van der Waals surface area contributed by atoms with Crippen LogP contribution >= 0.6 is 0 Å². The summed E-state index contributed by atoms with van der Waals surface area (Å²) in [6.45, 7) is 15.4. The molecular weight excluding hydrogens is 444 g/mol. The monoisotopic (exact) mass is 484 g/mol. The highest BCUT2D eigenvalue weighted by Gasteiger charge is 2.57. The van der Waals surface area contributed by atoms with Crippen molar-refractivity contribution in [1.82, 2.24) is 0 Å². The molecule has 1 aromatic rings. The van der Waals surface area contributed by atoms with Crippen LogP contribution in [0.2, 0.25) is 13.1 Å². The molecule has 1 unspecified atom stereocenters. The molecule has 1 saturated carbocycles. The third-order valence-corrected chi connectivity index (χ3v) is 8.90. The number of fused-ring (bicyclic) bond motifs is 1. The zero-order valence-electron chi connectivity index (χ0n) is 21.4. The van der Waals surface area contributed by atoms with Gasteiger partial charge in [-0.15, -0.1) is 0 Å². The Morgan fingerprint density at radius 3 is 2.21 bits per heavy atom. The quantitative estimate of drug-likeness (QED) is 0.262. The smallest absolute Gasteiger partial charge is 0.331 e. The van der Waals surface area contributed by atoms with Crippen molar-refractivity contribution in [3.05, 3.63) is 34.9 Å². The molecule has 6 heteroatoms. The average molecular weight is 485 g/mol. The highest BCUT2D eigenvalue weighted by atomic mass is 28.2. The Hall–Kier alpha value is -1.54. The van der Waals surface area contributed by atoms with Crippen molar-refractivity contribution in [1.29, 1.82) is 0 Å². The van der Waals surface area contributed by atoms with E-state index in [9.17, 15) is 9.90 Å². The lowest BCUT2D eigenvalue weighted by molar-refractivity contribution is -0.137. The molecule has 0 spiro atoms. The number of hydrogen-bond donors (Lipinski definition) is 1. The standard InChI is InChI=1S/C27H40O4Si2/c1-8-9-10-11-12-26(2,3)17-13-22(30-32-6)24(23(14-17)31-33-7)18-15-19(25(28)29)21-16-20(18)27(21,4)5/h13-15,18,20-21H,8-12,16H2,1-7H3,(H,28,29)/t18-,20?,21-/m0/s1. The van der Waals surface area contributed by atoms with E-state index in [-0.39, 0.29) is 22.7 Å². The van der Waals surface area contributed by atoms with Gasteiger partial charge in [0.05, 0.1) is 0 Å². The van der Waals surface area contributed by atoms with E-state index in [4.69, 9.17) is 8.85 Å². The molecule has 0 aliphatic heterocycles. The molecule has 0 amide bonds. The number of carbonyl (C=O) groups is 1. The zero-order chi connectivity index (χ0) is 24.4. The van der Waals surface area contributed by atoms with Crippen molar-refractivity contribution >= 4 is 25.5 Å². The van der Waals surface area contributed by atoms with Gasteiger partial charge in [0.15, 0.2) is 0 Å². The maximum absolute atomic E-state index is 12.1. The van der Waals surface area contributed by atoms with E-state index in [1.807, 2.05) is 19.2 Å². The van der Waals surface area contributed by atoms with Crippen LogP contribution in [0, 0.1) is 17.3 Å². The van der Waals surface area contributed by atoms with Crippen molar-refractivity contribution in [2.75, 3.05) is 0 Å². The lowest BCUT2D eigenvalue weighted by atomic mass is 9.45. The fourth-order valence-corrected chi connectivity index (χ4v) is 6.65. The van der Waals surface area contributed by atoms with E-state index in [1.165, 1.54) is 31.2 Å². The molecular formula is C27H40O4Si2. The van der Waals surface area contributed by atoms with E-state index in [0.717, 1.165) is 29.9 Å². The fourth-order valence-electron chi connectivity index (χ4n) is 5.87. The van der Waals surface area contributed by atoms with Gasteiger partial charge in [-0.1, -0.05) is 66.4 Å². The zero-order valence-corrected chi connectivity index (χ0v) is 23.4. The van der Waals surface area contributed by atoms with E-state index in [0.29, 0.717) is 31.0 Å². The molecule has 1 N–H and O–H groups in total. The topological polar surface area (TPSA) is 55.8 Å². The number of carboxylic acid groups (broad SMARTS) is 1. The van der Waals surface area contributed by atoms with Crippen molar-refractivity contribution in [2.24, 2.45) is 17.3 Å². The van der Waals surface area contributed by atoms with Crippen molar-refractivity contribution < 1.29 is 18.8 Å². The molecule has 0 saturated heterocycles. The molecule has 2 bridgehead atoms. The van der Waals surface area contributed by atoms with Gasteiger partial charge in [-0.2, -0.15) is 0 Å².